The van der Waals surface area contributed by atoms with Crippen molar-refractivity contribution in [3.05, 3.63) is 83.4 Å². The van der Waals surface area contributed by atoms with E-state index in [1.54, 1.807) is 24.3 Å². The number of carbonyl (C=O) groups is 2. The van der Waals surface area contributed by atoms with Crippen LogP contribution in [0.1, 0.15) is 15.9 Å². The lowest BCUT2D eigenvalue weighted by atomic mass is 10.00. The zero-order valence-electron chi connectivity index (χ0n) is 14.0. The van der Waals surface area contributed by atoms with Crippen molar-refractivity contribution in [3.8, 4) is 5.75 Å². The van der Waals surface area contributed by atoms with Crippen LogP contribution in [0.3, 0.4) is 0 Å². The average Bonchev–Trinajstić information content (AvgIpc) is 2.93. The predicted octanol–water partition coefficient (Wildman–Crippen LogP) is 3.09. The SMILES string of the molecule is C=C1OC(=O)C(CNC(=O)c2ccc(OC)cc2)=C1c1ccc(F)cc1. The molecule has 6 heteroatoms. The largest absolute Gasteiger partial charge is 0.497 e. The van der Waals surface area contributed by atoms with E-state index < -0.39 is 5.97 Å². The van der Waals surface area contributed by atoms with Crippen LogP contribution in [0.5, 0.6) is 5.75 Å². The fraction of sp³-hybridized carbons (Fsp3) is 0.100. The Morgan fingerprint density at radius 1 is 1.15 bits per heavy atom. The molecule has 2 aromatic carbocycles. The Morgan fingerprint density at radius 2 is 1.81 bits per heavy atom. The first-order chi connectivity index (χ1) is 12.5. The highest BCUT2D eigenvalue weighted by Gasteiger charge is 2.29. The highest BCUT2D eigenvalue weighted by atomic mass is 19.1. The van der Waals surface area contributed by atoms with Gasteiger partial charge < -0.3 is 14.8 Å². The lowest BCUT2D eigenvalue weighted by molar-refractivity contribution is -0.133. The summed E-state index contributed by atoms with van der Waals surface area (Å²) in [6.07, 6.45) is 0. The smallest absolute Gasteiger partial charge is 0.341 e. The summed E-state index contributed by atoms with van der Waals surface area (Å²) in [6, 6.07) is 12.2. The Morgan fingerprint density at radius 3 is 2.42 bits per heavy atom. The average molecular weight is 353 g/mol. The number of esters is 1. The number of ether oxygens (including phenoxy) is 2. The summed E-state index contributed by atoms with van der Waals surface area (Å²) in [5, 5.41) is 2.69. The van der Waals surface area contributed by atoms with E-state index in [1.165, 1.54) is 31.4 Å². The van der Waals surface area contributed by atoms with Gasteiger partial charge in [0.25, 0.3) is 5.91 Å². The van der Waals surface area contributed by atoms with E-state index in [2.05, 4.69) is 11.9 Å². The number of carbonyl (C=O) groups excluding carboxylic acids is 2. The second kappa shape index (κ2) is 7.23. The Bertz CT molecular complexity index is 898. The molecule has 0 saturated heterocycles. The van der Waals surface area contributed by atoms with E-state index in [1.807, 2.05) is 0 Å². The zero-order chi connectivity index (χ0) is 18.7. The minimum absolute atomic E-state index is 0.0323. The highest BCUT2D eigenvalue weighted by molar-refractivity contribution is 6.07. The molecule has 1 aliphatic heterocycles. The number of amides is 1. The molecule has 0 radical (unpaired) electrons. The van der Waals surface area contributed by atoms with Crippen LogP contribution in [-0.2, 0) is 9.53 Å². The van der Waals surface area contributed by atoms with Crippen molar-refractivity contribution in [2.45, 2.75) is 0 Å². The highest BCUT2D eigenvalue weighted by Crippen LogP contribution is 2.33. The molecule has 0 saturated carbocycles. The van der Waals surface area contributed by atoms with Crippen LogP contribution in [0.25, 0.3) is 5.57 Å². The van der Waals surface area contributed by atoms with Crippen molar-refractivity contribution in [2.75, 3.05) is 13.7 Å². The Labute approximate surface area is 149 Å². The number of hydrogen-bond acceptors (Lipinski definition) is 4. The van der Waals surface area contributed by atoms with Crippen LogP contribution in [0.2, 0.25) is 0 Å². The zero-order valence-corrected chi connectivity index (χ0v) is 14.0. The number of cyclic esters (lactones) is 1. The third kappa shape index (κ3) is 3.49. The second-order valence-corrected chi connectivity index (χ2v) is 5.58. The fourth-order valence-corrected chi connectivity index (χ4v) is 2.62. The van der Waals surface area contributed by atoms with Crippen LogP contribution in [0.4, 0.5) is 4.39 Å². The maximum atomic E-state index is 13.1. The van der Waals surface area contributed by atoms with Crippen LogP contribution < -0.4 is 10.1 Å². The third-order valence-corrected chi connectivity index (χ3v) is 3.95. The Balaban J connectivity index is 1.81. The molecule has 2 aromatic rings. The minimum atomic E-state index is -0.579. The first-order valence-corrected chi connectivity index (χ1v) is 7.82. The van der Waals surface area contributed by atoms with Gasteiger partial charge in [0.05, 0.1) is 19.2 Å². The summed E-state index contributed by atoms with van der Waals surface area (Å²) < 4.78 is 23.3. The summed E-state index contributed by atoms with van der Waals surface area (Å²) in [5.41, 5.74) is 1.75. The molecular formula is C20H16FNO4. The second-order valence-electron chi connectivity index (χ2n) is 5.58. The van der Waals surface area contributed by atoms with Gasteiger partial charge in [0.15, 0.2) is 0 Å². The summed E-state index contributed by atoms with van der Waals surface area (Å²) in [7, 11) is 1.54. The van der Waals surface area contributed by atoms with E-state index in [-0.39, 0.29) is 29.6 Å². The van der Waals surface area contributed by atoms with E-state index in [4.69, 9.17) is 9.47 Å². The van der Waals surface area contributed by atoms with Crippen LogP contribution >= 0.6 is 0 Å². The van der Waals surface area contributed by atoms with Crippen molar-refractivity contribution < 1.29 is 23.5 Å². The minimum Gasteiger partial charge on any atom is -0.497 e. The molecule has 132 valence electrons. The monoisotopic (exact) mass is 353 g/mol. The van der Waals surface area contributed by atoms with Gasteiger partial charge in [0.2, 0.25) is 0 Å². The van der Waals surface area contributed by atoms with E-state index in [0.717, 1.165) is 0 Å². The Hall–Kier alpha value is -3.41. The van der Waals surface area contributed by atoms with Crippen molar-refractivity contribution in [2.24, 2.45) is 0 Å². The number of allylic oxidation sites excluding steroid dienone is 1. The summed E-state index contributed by atoms with van der Waals surface area (Å²) in [4.78, 5) is 24.4. The van der Waals surface area contributed by atoms with Crippen molar-refractivity contribution in [3.63, 3.8) is 0 Å². The predicted molar refractivity (Wildman–Crippen MR) is 93.9 cm³/mol. The molecule has 0 aromatic heterocycles. The summed E-state index contributed by atoms with van der Waals surface area (Å²) in [5.74, 6) is -0.498. The van der Waals surface area contributed by atoms with Crippen molar-refractivity contribution in [1.29, 1.82) is 0 Å². The van der Waals surface area contributed by atoms with E-state index in [0.29, 0.717) is 22.4 Å². The molecule has 3 rings (SSSR count). The number of halogens is 1. The topological polar surface area (TPSA) is 64.6 Å². The van der Waals surface area contributed by atoms with Gasteiger partial charge in [-0.3, -0.25) is 4.79 Å². The van der Waals surface area contributed by atoms with E-state index in [9.17, 15) is 14.0 Å². The number of hydrogen-bond donors (Lipinski definition) is 1. The molecule has 1 N–H and O–H groups in total. The normalized spacial score (nSPS) is 13.6. The summed E-state index contributed by atoms with van der Waals surface area (Å²) in [6.45, 7) is 3.69. The van der Waals surface area contributed by atoms with Crippen LogP contribution in [-0.4, -0.2) is 25.5 Å². The third-order valence-electron chi connectivity index (χ3n) is 3.95. The van der Waals surface area contributed by atoms with Crippen LogP contribution in [0.15, 0.2) is 66.4 Å². The van der Waals surface area contributed by atoms with Gasteiger partial charge >= 0.3 is 5.97 Å². The standard InChI is InChI=1S/C20H16FNO4/c1-12-18(13-3-7-15(21)8-4-13)17(20(24)26-12)11-22-19(23)14-5-9-16(25-2)10-6-14/h3-10H,1,11H2,2H3,(H,22,23). The lowest BCUT2D eigenvalue weighted by Gasteiger charge is -2.07. The van der Waals surface area contributed by atoms with Crippen LogP contribution in [0, 0.1) is 5.82 Å². The molecule has 0 bridgehead atoms. The molecule has 1 amide bonds. The molecule has 0 aliphatic carbocycles. The van der Waals surface area contributed by atoms with Gasteiger partial charge in [0, 0.05) is 11.1 Å². The summed E-state index contributed by atoms with van der Waals surface area (Å²) >= 11 is 0. The number of benzene rings is 2. The molecule has 1 aliphatic rings. The van der Waals surface area contributed by atoms with Gasteiger partial charge in [-0.1, -0.05) is 18.7 Å². The van der Waals surface area contributed by atoms with Gasteiger partial charge in [-0.2, -0.15) is 0 Å². The fourth-order valence-electron chi connectivity index (χ4n) is 2.62. The van der Waals surface area contributed by atoms with Crippen molar-refractivity contribution >= 4 is 17.4 Å². The molecule has 26 heavy (non-hydrogen) atoms. The first kappa shape index (κ1) is 17.4. The maximum absolute atomic E-state index is 13.1. The van der Waals surface area contributed by atoms with E-state index >= 15 is 0 Å². The molecule has 0 unspecified atom stereocenters. The quantitative estimate of drug-likeness (QED) is 0.839. The molecular weight excluding hydrogens is 337 g/mol. The Kier molecular flexibility index (Phi) is 4.84. The molecule has 1 heterocycles. The van der Waals surface area contributed by atoms with Gasteiger partial charge in [-0.05, 0) is 42.0 Å². The molecule has 0 atom stereocenters. The van der Waals surface area contributed by atoms with Gasteiger partial charge in [0.1, 0.15) is 17.3 Å². The van der Waals surface area contributed by atoms with Gasteiger partial charge in [-0.15, -0.1) is 0 Å². The number of nitrogens with one attached hydrogen (secondary N) is 1. The first-order valence-electron chi connectivity index (χ1n) is 7.82. The van der Waals surface area contributed by atoms with Crippen molar-refractivity contribution in [1.82, 2.24) is 5.32 Å². The number of rotatable bonds is 5. The molecule has 0 fully saturated rings. The van der Waals surface area contributed by atoms with Gasteiger partial charge in [-0.25, -0.2) is 9.18 Å². The maximum Gasteiger partial charge on any atom is 0.341 e. The number of methoxy groups -OCH3 is 1. The lowest BCUT2D eigenvalue weighted by Crippen LogP contribution is -2.27. The molecule has 0 spiro atoms. The molecule has 5 nitrogen and oxygen atoms in total.